The molecule has 0 bridgehead atoms. The van der Waals surface area contributed by atoms with Gasteiger partial charge in [-0.1, -0.05) is 45.2 Å². The zero-order chi connectivity index (χ0) is 14.3. The van der Waals surface area contributed by atoms with Crippen LogP contribution in [0.1, 0.15) is 29.7 Å². The van der Waals surface area contributed by atoms with Gasteiger partial charge < -0.3 is 10.5 Å². The first-order chi connectivity index (χ1) is 9.54. The van der Waals surface area contributed by atoms with Crippen molar-refractivity contribution in [3.8, 4) is 5.75 Å². The Balaban J connectivity index is 2.00. The Bertz CT molecular complexity index is 662. The minimum Gasteiger partial charge on any atom is -0.485 e. The van der Waals surface area contributed by atoms with Crippen molar-refractivity contribution in [2.45, 2.75) is 18.6 Å². The summed E-state index contributed by atoms with van der Waals surface area (Å²) in [6.07, 6.45) is 0.493. The molecule has 1 heterocycles. The number of halogens is 3. The molecular weight excluding hydrogens is 361 g/mol. The minimum absolute atomic E-state index is 0.0769. The maximum absolute atomic E-state index is 6.25. The van der Waals surface area contributed by atoms with Gasteiger partial charge in [0.15, 0.2) is 0 Å². The molecule has 0 aliphatic carbocycles. The van der Waals surface area contributed by atoms with Crippen LogP contribution in [-0.4, -0.2) is 0 Å². The topological polar surface area (TPSA) is 35.2 Å². The molecule has 5 heteroatoms. The lowest BCUT2D eigenvalue weighted by atomic mass is 9.93. The summed E-state index contributed by atoms with van der Waals surface area (Å²) in [7, 11) is 0. The third kappa shape index (κ3) is 2.68. The highest BCUT2D eigenvalue weighted by Crippen LogP contribution is 2.42. The van der Waals surface area contributed by atoms with Crippen molar-refractivity contribution in [3.63, 3.8) is 0 Å². The van der Waals surface area contributed by atoms with E-state index in [-0.39, 0.29) is 12.1 Å². The lowest BCUT2D eigenvalue weighted by Crippen LogP contribution is -2.24. The number of rotatable bonds is 1. The summed E-state index contributed by atoms with van der Waals surface area (Å²) in [6.45, 7) is 0. The van der Waals surface area contributed by atoms with Crippen molar-refractivity contribution in [1.29, 1.82) is 0 Å². The number of benzene rings is 2. The Hall–Kier alpha value is -0.740. The standard InChI is InChI=1S/C15H12BrCl2NO/c16-8-1-3-10-13(19)7-15(20-14(10)5-8)11-6-9(17)2-4-12(11)18/h1-6,13,15H,7,19H2. The van der Waals surface area contributed by atoms with Gasteiger partial charge in [-0.2, -0.15) is 0 Å². The number of fused-ring (bicyclic) bond motifs is 1. The van der Waals surface area contributed by atoms with Gasteiger partial charge in [-0.15, -0.1) is 0 Å². The van der Waals surface area contributed by atoms with Gasteiger partial charge in [0.1, 0.15) is 11.9 Å². The molecule has 104 valence electrons. The zero-order valence-corrected chi connectivity index (χ0v) is 13.5. The highest BCUT2D eigenvalue weighted by atomic mass is 79.9. The quantitative estimate of drug-likeness (QED) is 0.738. The Morgan fingerprint density at radius 1 is 1.10 bits per heavy atom. The molecule has 3 rings (SSSR count). The molecule has 2 aromatic carbocycles. The number of ether oxygens (including phenoxy) is 1. The summed E-state index contributed by atoms with van der Waals surface area (Å²) in [4.78, 5) is 0. The fourth-order valence-corrected chi connectivity index (χ4v) is 3.19. The van der Waals surface area contributed by atoms with Crippen LogP contribution in [0.25, 0.3) is 0 Å². The number of hydrogen-bond acceptors (Lipinski definition) is 2. The van der Waals surface area contributed by atoms with Crippen LogP contribution >= 0.6 is 39.1 Å². The zero-order valence-electron chi connectivity index (χ0n) is 10.4. The summed E-state index contributed by atoms with van der Waals surface area (Å²) < 4.78 is 7.01. The van der Waals surface area contributed by atoms with Gasteiger partial charge in [-0.05, 0) is 30.3 Å². The molecule has 0 fully saturated rings. The summed E-state index contributed by atoms with van der Waals surface area (Å²) in [6, 6.07) is 11.2. The highest BCUT2D eigenvalue weighted by molar-refractivity contribution is 9.10. The number of hydrogen-bond donors (Lipinski definition) is 1. The van der Waals surface area contributed by atoms with E-state index < -0.39 is 0 Å². The third-order valence-corrected chi connectivity index (χ3v) is 4.49. The van der Waals surface area contributed by atoms with Gasteiger partial charge in [0, 0.05) is 38.1 Å². The van der Waals surface area contributed by atoms with Crippen molar-refractivity contribution in [2.75, 3.05) is 0 Å². The Kier molecular flexibility index (Phi) is 3.95. The summed E-state index contributed by atoms with van der Waals surface area (Å²) in [5.74, 6) is 0.791. The maximum Gasteiger partial charge on any atom is 0.127 e. The van der Waals surface area contributed by atoms with E-state index in [0.717, 1.165) is 21.3 Å². The second-order valence-electron chi connectivity index (χ2n) is 4.80. The molecule has 2 N–H and O–H groups in total. The van der Waals surface area contributed by atoms with Crippen molar-refractivity contribution < 1.29 is 4.74 Å². The van der Waals surface area contributed by atoms with Crippen LogP contribution in [0.4, 0.5) is 0 Å². The van der Waals surface area contributed by atoms with Gasteiger partial charge >= 0.3 is 0 Å². The first kappa shape index (κ1) is 14.2. The lowest BCUT2D eigenvalue weighted by Gasteiger charge is -2.31. The molecule has 2 atom stereocenters. The van der Waals surface area contributed by atoms with Gasteiger partial charge in [0.25, 0.3) is 0 Å². The van der Waals surface area contributed by atoms with Crippen LogP contribution in [0.15, 0.2) is 40.9 Å². The summed E-state index contributed by atoms with van der Waals surface area (Å²) >= 11 is 15.7. The predicted octanol–water partition coefficient (Wildman–Crippen LogP) is 5.28. The third-order valence-electron chi connectivity index (χ3n) is 3.42. The van der Waals surface area contributed by atoms with E-state index in [0.29, 0.717) is 16.5 Å². The first-order valence-corrected chi connectivity index (χ1v) is 7.76. The van der Waals surface area contributed by atoms with Crippen molar-refractivity contribution in [2.24, 2.45) is 5.73 Å². The minimum atomic E-state index is -0.182. The molecule has 2 unspecified atom stereocenters. The largest absolute Gasteiger partial charge is 0.485 e. The van der Waals surface area contributed by atoms with Crippen molar-refractivity contribution in [3.05, 3.63) is 62.0 Å². The average molecular weight is 373 g/mol. The molecule has 2 nitrogen and oxygen atoms in total. The van der Waals surface area contributed by atoms with E-state index >= 15 is 0 Å². The summed E-state index contributed by atoms with van der Waals surface area (Å²) in [5, 5.41) is 1.28. The summed E-state index contributed by atoms with van der Waals surface area (Å²) in [5.41, 5.74) is 8.13. The van der Waals surface area contributed by atoms with Crippen LogP contribution in [-0.2, 0) is 0 Å². The molecule has 0 radical (unpaired) electrons. The van der Waals surface area contributed by atoms with Crippen molar-refractivity contribution in [1.82, 2.24) is 0 Å². The molecule has 0 amide bonds. The lowest BCUT2D eigenvalue weighted by molar-refractivity contribution is 0.161. The molecule has 20 heavy (non-hydrogen) atoms. The molecule has 0 saturated carbocycles. The van der Waals surface area contributed by atoms with Crippen LogP contribution < -0.4 is 10.5 Å². The fraction of sp³-hybridized carbons (Fsp3) is 0.200. The van der Waals surface area contributed by atoms with Crippen LogP contribution in [0.2, 0.25) is 10.0 Å². The van der Waals surface area contributed by atoms with E-state index in [9.17, 15) is 0 Å². The van der Waals surface area contributed by atoms with E-state index in [1.54, 1.807) is 12.1 Å². The Morgan fingerprint density at radius 2 is 1.90 bits per heavy atom. The molecule has 1 aliphatic rings. The maximum atomic E-state index is 6.25. The number of nitrogens with two attached hydrogens (primary N) is 1. The molecule has 2 aromatic rings. The van der Waals surface area contributed by atoms with Crippen LogP contribution in [0, 0.1) is 0 Å². The van der Waals surface area contributed by atoms with E-state index in [2.05, 4.69) is 15.9 Å². The van der Waals surface area contributed by atoms with E-state index in [1.165, 1.54) is 0 Å². The second kappa shape index (κ2) is 5.57. The van der Waals surface area contributed by atoms with Gasteiger partial charge in [-0.25, -0.2) is 0 Å². The second-order valence-corrected chi connectivity index (χ2v) is 6.56. The molecular formula is C15H12BrCl2NO. The smallest absolute Gasteiger partial charge is 0.127 e. The van der Waals surface area contributed by atoms with Gasteiger partial charge in [0.05, 0.1) is 0 Å². The predicted molar refractivity (Wildman–Crippen MR) is 85.5 cm³/mol. The van der Waals surface area contributed by atoms with Gasteiger partial charge in [0.2, 0.25) is 0 Å². The van der Waals surface area contributed by atoms with Gasteiger partial charge in [-0.3, -0.25) is 0 Å². The van der Waals surface area contributed by atoms with E-state index in [1.807, 2.05) is 24.3 Å². The Labute approximate surface area is 136 Å². The molecule has 0 aromatic heterocycles. The van der Waals surface area contributed by atoms with Crippen LogP contribution in [0.5, 0.6) is 5.75 Å². The Morgan fingerprint density at radius 3 is 2.70 bits per heavy atom. The normalized spacial score (nSPS) is 21.2. The molecule has 1 aliphatic heterocycles. The van der Waals surface area contributed by atoms with E-state index in [4.69, 9.17) is 33.7 Å². The molecule has 0 spiro atoms. The average Bonchev–Trinajstić information content (AvgIpc) is 2.41. The van der Waals surface area contributed by atoms with Crippen molar-refractivity contribution >= 4 is 39.1 Å². The fourth-order valence-electron chi connectivity index (χ4n) is 2.43. The van der Waals surface area contributed by atoms with Crippen LogP contribution in [0.3, 0.4) is 0 Å². The highest BCUT2D eigenvalue weighted by Gasteiger charge is 2.28. The first-order valence-electron chi connectivity index (χ1n) is 6.21. The SMILES string of the molecule is NC1CC(c2cc(Cl)ccc2Cl)Oc2cc(Br)ccc21. The molecule has 0 saturated heterocycles. The monoisotopic (exact) mass is 371 g/mol.